The number of hydrogen-bond donors (Lipinski definition) is 1. The van der Waals surface area contributed by atoms with Crippen molar-refractivity contribution in [3.63, 3.8) is 0 Å². The molecule has 150 valence electrons. The normalized spacial score (nSPS) is 16.0. The summed E-state index contributed by atoms with van der Waals surface area (Å²) in [7, 11) is -0.563. The van der Waals surface area contributed by atoms with Crippen LogP contribution in [0, 0.1) is 6.92 Å². The van der Waals surface area contributed by atoms with E-state index < -0.39 is 22.0 Å². The summed E-state index contributed by atoms with van der Waals surface area (Å²) in [5, 5.41) is 2.73. The van der Waals surface area contributed by atoms with Gasteiger partial charge in [-0.25, -0.2) is 8.42 Å². The molecule has 1 aliphatic heterocycles. The average Bonchev–Trinajstić information content (AvgIpc) is 2.66. The lowest BCUT2D eigenvalue weighted by molar-refractivity contribution is -0.122. The van der Waals surface area contributed by atoms with E-state index in [0.717, 1.165) is 11.8 Å². The van der Waals surface area contributed by atoms with Crippen molar-refractivity contribution in [2.24, 2.45) is 0 Å². The second-order valence-corrected chi connectivity index (χ2v) is 8.34. The van der Waals surface area contributed by atoms with Gasteiger partial charge in [-0.3, -0.25) is 9.10 Å². The molecule has 1 aliphatic rings. The Labute approximate surface area is 164 Å². The van der Waals surface area contributed by atoms with Gasteiger partial charge < -0.3 is 19.5 Å². The molecule has 2 aromatic rings. The highest BCUT2D eigenvalue weighted by Gasteiger charge is 2.35. The van der Waals surface area contributed by atoms with Crippen molar-refractivity contribution in [1.82, 2.24) is 0 Å². The smallest absolute Gasteiger partial charge is 0.267 e. The average molecular weight is 406 g/mol. The molecule has 0 bridgehead atoms. The Kier molecular flexibility index (Phi) is 5.37. The van der Waals surface area contributed by atoms with E-state index >= 15 is 0 Å². The maximum atomic E-state index is 12.7. The van der Waals surface area contributed by atoms with Crippen LogP contribution in [-0.4, -0.2) is 47.4 Å². The summed E-state index contributed by atoms with van der Waals surface area (Å²) in [6.45, 7) is 1.74. The Hall–Kier alpha value is -2.94. The van der Waals surface area contributed by atoms with Crippen molar-refractivity contribution in [2.75, 3.05) is 36.6 Å². The Morgan fingerprint density at radius 2 is 1.86 bits per heavy atom. The number of fused-ring (bicyclic) bond motifs is 1. The molecule has 1 amide bonds. The third-order valence-corrected chi connectivity index (χ3v) is 5.47. The van der Waals surface area contributed by atoms with Gasteiger partial charge in [0.15, 0.2) is 17.6 Å². The Morgan fingerprint density at radius 1 is 1.14 bits per heavy atom. The van der Waals surface area contributed by atoms with Gasteiger partial charge in [0.05, 0.1) is 32.7 Å². The number of aryl methyl sites for hydroxylation is 1. The number of hydrogen-bond acceptors (Lipinski definition) is 6. The van der Waals surface area contributed by atoms with Crippen LogP contribution in [0.5, 0.6) is 17.2 Å². The highest BCUT2D eigenvalue weighted by atomic mass is 32.2. The predicted molar refractivity (Wildman–Crippen MR) is 106 cm³/mol. The fourth-order valence-electron chi connectivity index (χ4n) is 2.95. The maximum Gasteiger partial charge on any atom is 0.267 e. The first-order valence-electron chi connectivity index (χ1n) is 8.51. The number of amides is 1. The van der Waals surface area contributed by atoms with Crippen molar-refractivity contribution in [3.05, 3.63) is 42.0 Å². The topological polar surface area (TPSA) is 94.2 Å². The van der Waals surface area contributed by atoms with E-state index in [1.807, 2.05) is 6.92 Å². The molecule has 2 aromatic carbocycles. The molecule has 0 aliphatic carbocycles. The lowest BCUT2D eigenvalue weighted by atomic mass is 10.1. The quantitative estimate of drug-likeness (QED) is 0.818. The Bertz CT molecular complexity index is 1010. The summed E-state index contributed by atoms with van der Waals surface area (Å²) in [5.74, 6) is 0.868. The van der Waals surface area contributed by atoms with E-state index in [1.54, 1.807) is 36.4 Å². The Balaban J connectivity index is 1.86. The first kappa shape index (κ1) is 19.8. The van der Waals surface area contributed by atoms with Crippen LogP contribution < -0.4 is 23.8 Å². The SMILES string of the molecule is COc1ccc(NC(=O)C2CN(S(C)(=O)=O)c3cc(C)ccc3O2)cc1OC. The van der Waals surface area contributed by atoms with Crippen LogP contribution in [0.3, 0.4) is 0 Å². The minimum absolute atomic E-state index is 0.117. The summed E-state index contributed by atoms with van der Waals surface area (Å²) in [5.41, 5.74) is 1.80. The van der Waals surface area contributed by atoms with Crippen molar-refractivity contribution in [1.29, 1.82) is 0 Å². The van der Waals surface area contributed by atoms with Crippen LogP contribution >= 0.6 is 0 Å². The monoisotopic (exact) mass is 406 g/mol. The van der Waals surface area contributed by atoms with Crippen molar-refractivity contribution in [3.8, 4) is 17.2 Å². The zero-order chi connectivity index (χ0) is 20.5. The highest BCUT2D eigenvalue weighted by molar-refractivity contribution is 7.92. The molecule has 0 fully saturated rings. The summed E-state index contributed by atoms with van der Waals surface area (Å²) in [6.07, 6.45) is 0.103. The fraction of sp³-hybridized carbons (Fsp3) is 0.316. The van der Waals surface area contributed by atoms with Gasteiger partial charge in [0.1, 0.15) is 5.75 Å². The molecule has 1 N–H and O–H groups in total. The lowest BCUT2D eigenvalue weighted by Gasteiger charge is -2.34. The number of rotatable bonds is 5. The molecule has 28 heavy (non-hydrogen) atoms. The summed E-state index contributed by atoms with van der Waals surface area (Å²) in [4.78, 5) is 12.7. The van der Waals surface area contributed by atoms with Gasteiger partial charge in [-0.15, -0.1) is 0 Å². The van der Waals surface area contributed by atoms with Crippen LogP contribution in [0.25, 0.3) is 0 Å². The van der Waals surface area contributed by atoms with Crippen molar-refractivity contribution >= 4 is 27.3 Å². The van der Waals surface area contributed by atoms with Crippen LogP contribution in [0.2, 0.25) is 0 Å². The highest BCUT2D eigenvalue weighted by Crippen LogP contribution is 2.36. The zero-order valence-corrected chi connectivity index (χ0v) is 16.9. The van der Waals surface area contributed by atoms with E-state index in [2.05, 4.69) is 5.32 Å². The number of benzene rings is 2. The molecule has 1 unspecified atom stereocenters. The number of methoxy groups -OCH3 is 2. The number of ether oxygens (including phenoxy) is 3. The van der Waals surface area contributed by atoms with Gasteiger partial charge in [0.25, 0.3) is 5.91 Å². The summed E-state index contributed by atoms with van der Waals surface area (Å²) < 4.78 is 41.9. The van der Waals surface area contributed by atoms with Crippen LogP contribution in [-0.2, 0) is 14.8 Å². The van der Waals surface area contributed by atoms with E-state index in [-0.39, 0.29) is 6.54 Å². The molecular formula is C19H22N2O6S. The molecular weight excluding hydrogens is 384 g/mol. The van der Waals surface area contributed by atoms with E-state index in [1.165, 1.54) is 18.5 Å². The fourth-order valence-corrected chi connectivity index (χ4v) is 3.85. The standard InChI is InChI=1S/C19H22N2O6S/c1-12-5-7-15-14(9-12)21(28(4,23)24)11-18(27-15)19(22)20-13-6-8-16(25-2)17(10-13)26-3/h5-10,18H,11H2,1-4H3,(H,20,22). The summed E-state index contributed by atoms with van der Waals surface area (Å²) >= 11 is 0. The van der Waals surface area contributed by atoms with Gasteiger partial charge in [-0.2, -0.15) is 0 Å². The van der Waals surface area contributed by atoms with Gasteiger partial charge in [0, 0.05) is 11.8 Å². The van der Waals surface area contributed by atoms with Crippen LogP contribution in [0.15, 0.2) is 36.4 Å². The third-order valence-electron chi connectivity index (χ3n) is 4.33. The number of carbonyl (C=O) groups is 1. The first-order chi connectivity index (χ1) is 13.2. The van der Waals surface area contributed by atoms with Crippen LogP contribution in [0.1, 0.15) is 5.56 Å². The molecule has 8 nitrogen and oxygen atoms in total. The van der Waals surface area contributed by atoms with Gasteiger partial charge in [-0.1, -0.05) is 6.07 Å². The zero-order valence-electron chi connectivity index (χ0n) is 16.1. The number of sulfonamides is 1. The number of nitrogens with zero attached hydrogens (tertiary/aromatic N) is 1. The number of carbonyl (C=O) groups excluding carboxylic acids is 1. The minimum atomic E-state index is -3.58. The van der Waals surface area contributed by atoms with Crippen LogP contribution in [0.4, 0.5) is 11.4 Å². The molecule has 0 aromatic heterocycles. The van der Waals surface area contributed by atoms with Gasteiger partial charge in [-0.05, 0) is 36.8 Å². The second-order valence-electron chi connectivity index (χ2n) is 6.43. The van der Waals surface area contributed by atoms with Gasteiger partial charge >= 0.3 is 0 Å². The summed E-state index contributed by atoms with van der Waals surface area (Å²) in [6, 6.07) is 10.1. The molecule has 9 heteroatoms. The van der Waals surface area contributed by atoms with Crippen molar-refractivity contribution in [2.45, 2.75) is 13.0 Å². The third kappa shape index (κ3) is 3.99. The Morgan fingerprint density at radius 3 is 2.50 bits per heavy atom. The lowest BCUT2D eigenvalue weighted by Crippen LogP contribution is -2.48. The van der Waals surface area contributed by atoms with E-state index in [4.69, 9.17) is 14.2 Å². The molecule has 1 atom stereocenters. The molecule has 1 heterocycles. The molecule has 3 rings (SSSR count). The van der Waals surface area contributed by atoms with E-state index in [0.29, 0.717) is 28.6 Å². The molecule has 0 saturated carbocycles. The molecule has 0 saturated heterocycles. The van der Waals surface area contributed by atoms with Crippen molar-refractivity contribution < 1.29 is 27.4 Å². The first-order valence-corrected chi connectivity index (χ1v) is 10.4. The predicted octanol–water partition coefficient (Wildman–Crippen LogP) is 2.18. The number of nitrogens with one attached hydrogen (secondary N) is 1. The largest absolute Gasteiger partial charge is 0.493 e. The molecule has 0 radical (unpaired) electrons. The minimum Gasteiger partial charge on any atom is -0.493 e. The number of anilines is 2. The molecule has 0 spiro atoms. The second kappa shape index (κ2) is 7.59. The maximum absolute atomic E-state index is 12.7. The van der Waals surface area contributed by atoms with E-state index in [9.17, 15) is 13.2 Å². The van der Waals surface area contributed by atoms with Gasteiger partial charge in [0.2, 0.25) is 10.0 Å².